The Balaban J connectivity index is 1.54. The highest BCUT2D eigenvalue weighted by atomic mass is 32.1. The molecule has 5 nitrogen and oxygen atoms in total. The molecule has 26 heavy (non-hydrogen) atoms. The zero-order valence-electron chi connectivity index (χ0n) is 14.5. The Morgan fingerprint density at radius 3 is 2.54 bits per heavy atom. The standard InChI is InChI=1S/C20H22N2O3S/c23-19(15-8-11-26-14-15)22-13-17(25-16-6-2-1-3-7-16)12-18(22)20(24)21-9-4-5-10-21/h1-3,6-8,11,14,17-18H,4-5,9-10,12-13H2/t17-,18-/m0/s1. The van der Waals surface area contributed by atoms with Crippen LogP contribution in [-0.4, -0.2) is 53.4 Å². The molecule has 2 aromatic rings. The van der Waals surface area contributed by atoms with Gasteiger partial charge in [-0.05, 0) is 36.4 Å². The lowest BCUT2D eigenvalue weighted by molar-refractivity contribution is -0.134. The molecule has 0 spiro atoms. The summed E-state index contributed by atoms with van der Waals surface area (Å²) >= 11 is 1.49. The van der Waals surface area contributed by atoms with Gasteiger partial charge in [0.1, 0.15) is 17.9 Å². The number of carbonyl (C=O) groups is 2. The quantitative estimate of drug-likeness (QED) is 0.831. The van der Waals surface area contributed by atoms with Crippen molar-refractivity contribution in [3.05, 3.63) is 52.7 Å². The smallest absolute Gasteiger partial charge is 0.255 e. The molecule has 2 aliphatic heterocycles. The van der Waals surface area contributed by atoms with Gasteiger partial charge in [0, 0.05) is 24.9 Å². The van der Waals surface area contributed by atoms with Crippen LogP contribution in [0, 0.1) is 0 Å². The number of nitrogens with zero attached hydrogens (tertiary/aromatic N) is 2. The Bertz CT molecular complexity index is 757. The summed E-state index contributed by atoms with van der Waals surface area (Å²) in [6, 6.07) is 11.0. The molecule has 4 rings (SSSR count). The van der Waals surface area contributed by atoms with Crippen molar-refractivity contribution in [2.75, 3.05) is 19.6 Å². The van der Waals surface area contributed by atoms with Gasteiger partial charge in [-0.1, -0.05) is 18.2 Å². The van der Waals surface area contributed by atoms with E-state index in [1.54, 1.807) is 4.90 Å². The number of thiophene rings is 1. The van der Waals surface area contributed by atoms with Crippen LogP contribution in [0.2, 0.25) is 0 Å². The molecule has 2 saturated heterocycles. The van der Waals surface area contributed by atoms with E-state index >= 15 is 0 Å². The first-order valence-corrected chi connectivity index (χ1v) is 10.0. The molecule has 2 aliphatic rings. The molecule has 0 radical (unpaired) electrons. The number of benzene rings is 1. The summed E-state index contributed by atoms with van der Waals surface area (Å²) in [7, 11) is 0. The number of ether oxygens (including phenoxy) is 1. The van der Waals surface area contributed by atoms with Gasteiger partial charge in [-0.15, -0.1) is 0 Å². The van der Waals surface area contributed by atoms with Crippen molar-refractivity contribution in [1.82, 2.24) is 9.80 Å². The molecule has 2 atom stereocenters. The van der Waals surface area contributed by atoms with Crippen LogP contribution in [-0.2, 0) is 4.79 Å². The second-order valence-electron chi connectivity index (χ2n) is 6.81. The van der Waals surface area contributed by atoms with E-state index in [0.717, 1.165) is 31.7 Å². The van der Waals surface area contributed by atoms with Gasteiger partial charge >= 0.3 is 0 Å². The molecule has 1 aromatic heterocycles. The predicted octanol–water partition coefficient (Wildman–Crippen LogP) is 3.03. The summed E-state index contributed by atoms with van der Waals surface area (Å²) in [6.07, 6.45) is 2.46. The first-order chi connectivity index (χ1) is 12.7. The van der Waals surface area contributed by atoms with Crippen LogP contribution in [0.1, 0.15) is 29.6 Å². The molecular formula is C20H22N2O3S. The van der Waals surface area contributed by atoms with Gasteiger partial charge in [-0.25, -0.2) is 0 Å². The van der Waals surface area contributed by atoms with Crippen LogP contribution in [0.4, 0.5) is 0 Å². The summed E-state index contributed by atoms with van der Waals surface area (Å²) in [6.45, 7) is 2.02. The van der Waals surface area contributed by atoms with E-state index in [9.17, 15) is 9.59 Å². The van der Waals surface area contributed by atoms with Crippen LogP contribution in [0.5, 0.6) is 5.75 Å². The molecule has 3 heterocycles. The number of amides is 2. The van der Waals surface area contributed by atoms with Crippen LogP contribution in [0.3, 0.4) is 0 Å². The van der Waals surface area contributed by atoms with E-state index in [1.165, 1.54) is 11.3 Å². The molecule has 2 amide bonds. The summed E-state index contributed by atoms with van der Waals surface area (Å²) in [5.74, 6) is 0.753. The lowest BCUT2D eigenvalue weighted by atomic mass is 10.1. The lowest BCUT2D eigenvalue weighted by Gasteiger charge is -2.27. The van der Waals surface area contributed by atoms with Crippen molar-refractivity contribution in [3.8, 4) is 5.75 Å². The second-order valence-corrected chi connectivity index (χ2v) is 7.59. The van der Waals surface area contributed by atoms with Gasteiger partial charge in [0.05, 0.1) is 12.1 Å². The minimum absolute atomic E-state index is 0.0604. The minimum atomic E-state index is -0.436. The van der Waals surface area contributed by atoms with Crippen molar-refractivity contribution < 1.29 is 14.3 Å². The third-order valence-electron chi connectivity index (χ3n) is 5.04. The molecule has 0 aliphatic carbocycles. The monoisotopic (exact) mass is 370 g/mol. The Morgan fingerprint density at radius 2 is 1.85 bits per heavy atom. The van der Waals surface area contributed by atoms with Crippen molar-refractivity contribution in [3.63, 3.8) is 0 Å². The highest BCUT2D eigenvalue weighted by Gasteiger charge is 2.43. The summed E-state index contributed by atoms with van der Waals surface area (Å²) in [5.41, 5.74) is 0.648. The maximum absolute atomic E-state index is 13.0. The van der Waals surface area contributed by atoms with Crippen molar-refractivity contribution in [2.24, 2.45) is 0 Å². The normalized spacial score (nSPS) is 22.6. The first-order valence-electron chi connectivity index (χ1n) is 9.06. The molecule has 2 fully saturated rings. The fourth-order valence-electron chi connectivity index (χ4n) is 3.73. The highest BCUT2D eigenvalue weighted by molar-refractivity contribution is 7.08. The van der Waals surface area contributed by atoms with Crippen molar-refractivity contribution >= 4 is 23.2 Å². The largest absolute Gasteiger partial charge is 0.488 e. The number of hydrogen-bond donors (Lipinski definition) is 0. The summed E-state index contributed by atoms with van der Waals surface area (Å²) < 4.78 is 6.05. The third kappa shape index (κ3) is 3.46. The Kier molecular flexibility index (Phi) is 4.93. The van der Waals surface area contributed by atoms with E-state index in [2.05, 4.69) is 0 Å². The summed E-state index contributed by atoms with van der Waals surface area (Å²) in [5, 5.41) is 3.73. The van der Waals surface area contributed by atoms with Crippen LogP contribution in [0.25, 0.3) is 0 Å². The van der Waals surface area contributed by atoms with Gasteiger partial charge in [0.15, 0.2) is 0 Å². The van der Waals surface area contributed by atoms with Gasteiger partial charge in [-0.3, -0.25) is 9.59 Å². The van der Waals surface area contributed by atoms with Crippen molar-refractivity contribution in [2.45, 2.75) is 31.4 Å². The van der Waals surface area contributed by atoms with E-state index in [1.807, 2.05) is 52.1 Å². The average Bonchev–Trinajstić information content (AvgIpc) is 3.42. The van der Waals surface area contributed by atoms with Crippen molar-refractivity contribution in [1.29, 1.82) is 0 Å². The Labute approximate surface area is 157 Å². The molecular weight excluding hydrogens is 348 g/mol. The van der Waals surface area contributed by atoms with Gasteiger partial charge in [-0.2, -0.15) is 11.3 Å². The number of carbonyl (C=O) groups excluding carboxylic acids is 2. The van der Waals surface area contributed by atoms with Crippen LogP contribution < -0.4 is 4.74 Å². The Hall–Kier alpha value is -2.34. The molecule has 6 heteroatoms. The molecule has 0 N–H and O–H groups in total. The van der Waals surface area contributed by atoms with Crippen LogP contribution in [0.15, 0.2) is 47.2 Å². The molecule has 1 aromatic carbocycles. The highest BCUT2D eigenvalue weighted by Crippen LogP contribution is 2.27. The minimum Gasteiger partial charge on any atom is -0.488 e. The number of rotatable bonds is 4. The maximum Gasteiger partial charge on any atom is 0.255 e. The number of hydrogen-bond acceptors (Lipinski definition) is 4. The van der Waals surface area contributed by atoms with E-state index in [-0.39, 0.29) is 17.9 Å². The van der Waals surface area contributed by atoms with E-state index in [4.69, 9.17) is 4.74 Å². The number of para-hydroxylation sites is 1. The lowest BCUT2D eigenvalue weighted by Crippen LogP contribution is -2.46. The zero-order valence-corrected chi connectivity index (χ0v) is 15.4. The fourth-order valence-corrected chi connectivity index (χ4v) is 4.36. The molecule has 0 bridgehead atoms. The predicted molar refractivity (Wildman–Crippen MR) is 100 cm³/mol. The maximum atomic E-state index is 13.0. The summed E-state index contributed by atoms with van der Waals surface area (Å²) in [4.78, 5) is 29.5. The SMILES string of the molecule is O=C([C@@H]1C[C@H](Oc2ccccc2)CN1C(=O)c1ccsc1)N1CCCC1. The zero-order chi connectivity index (χ0) is 17.9. The Morgan fingerprint density at radius 1 is 1.08 bits per heavy atom. The van der Waals surface area contributed by atoms with Gasteiger partial charge < -0.3 is 14.5 Å². The second kappa shape index (κ2) is 7.50. The van der Waals surface area contributed by atoms with Gasteiger partial charge in [0.25, 0.3) is 5.91 Å². The van der Waals surface area contributed by atoms with Crippen LogP contribution >= 0.6 is 11.3 Å². The molecule has 0 saturated carbocycles. The third-order valence-corrected chi connectivity index (χ3v) is 5.72. The molecule has 136 valence electrons. The topological polar surface area (TPSA) is 49.9 Å². The van der Waals surface area contributed by atoms with E-state index in [0.29, 0.717) is 18.5 Å². The van der Waals surface area contributed by atoms with E-state index < -0.39 is 6.04 Å². The molecule has 0 unspecified atom stereocenters. The number of likely N-dealkylation sites (tertiary alicyclic amines) is 2. The fraction of sp³-hybridized carbons (Fsp3) is 0.400. The average molecular weight is 370 g/mol. The first kappa shape index (κ1) is 17.1. The van der Waals surface area contributed by atoms with Gasteiger partial charge in [0.2, 0.25) is 5.91 Å².